The summed E-state index contributed by atoms with van der Waals surface area (Å²) in [4.78, 5) is 39.3. The number of ether oxygens (including phenoxy) is 1. The number of carbonyl (C=O) groups excluding carboxylic acids is 2. The molecule has 2 fully saturated rings. The minimum Gasteiger partial charge on any atom is -0.465 e. The van der Waals surface area contributed by atoms with Crippen LogP contribution in [0.15, 0.2) is 47.4 Å². The lowest BCUT2D eigenvalue weighted by atomic mass is 10.0. The van der Waals surface area contributed by atoms with Crippen molar-refractivity contribution in [1.29, 1.82) is 0 Å². The fourth-order valence-corrected chi connectivity index (χ4v) is 3.92. The minimum atomic E-state index is -0.284. The Labute approximate surface area is 157 Å². The summed E-state index contributed by atoms with van der Waals surface area (Å²) in [6.45, 7) is 3.46. The van der Waals surface area contributed by atoms with E-state index in [4.69, 9.17) is 4.74 Å². The van der Waals surface area contributed by atoms with E-state index in [1.807, 2.05) is 36.4 Å². The van der Waals surface area contributed by atoms with Crippen molar-refractivity contribution in [2.45, 2.75) is 19.9 Å². The molecule has 1 aromatic heterocycles. The average Bonchev–Trinajstić information content (AvgIpc) is 3.24. The lowest BCUT2D eigenvalue weighted by Gasteiger charge is -2.19. The first-order chi connectivity index (χ1) is 13.0. The average molecular weight is 366 g/mol. The number of esters is 1. The summed E-state index contributed by atoms with van der Waals surface area (Å²) in [6, 6.07) is 11.7. The second-order valence-corrected chi connectivity index (χ2v) is 7.31. The molecule has 1 amide bonds. The number of hydrogen-bond acceptors (Lipinski definition) is 4. The molecule has 3 heterocycles. The van der Waals surface area contributed by atoms with E-state index in [-0.39, 0.29) is 34.8 Å². The van der Waals surface area contributed by atoms with Crippen LogP contribution in [0.4, 0.5) is 0 Å². The van der Waals surface area contributed by atoms with Crippen LogP contribution in [0.5, 0.6) is 0 Å². The molecule has 4 rings (SSSR count). The van der Waals surface area contributed by atoms with Crippen molar-refractivity contribution in [2.24, 2.45) is 11.8 Å². The summed E-state index contributed by atoms with van der Waals surface area (Å²) in [5.74, 6) is -0.724. The van der Waals surface area contributed by atoms with E-state index in [1.165, 1.54) is 0 Å². The normalized spacial score (nSPS) is 21.2. The summed E-state index contributed by atoms with van der Waals surface area (Å²) >= 11 is 0. The highest BCUT2D eigenvalue weighted by molar-refractivity contribution is 5.96. The first-order valence-corrected chi connectivity index (χ1v) is 9.24. The van der Waals surface area contributed by atoms with E-state index in [0.29, 0.717) is 31.8 Å². The predicted molar refractivity (Wildman–Crippen MR) is 99.4 cm³/mol. The van der Waals surface area contributed by atoms with Gasteiger partial charge in [-0.1, -0.05) is 30.3 Å². The van der Waals surface area contributed by atoms with Crippen molar-refractivity contribution in [2.75, 3.05) is 19.7 Å². The Bertz CT molecular complexity index is 935. The molecule has 0 unspecified atom stereocenters. The number of hydrogen-bond donors (Lipinski definition) is 0. The van der Waals surface area contributed by atoms with Gasteiger partial charge in [0.1, 0.15) is 5.56 Å². The molecular formula is C21H22N2O4. The zero-order chi connectivity index (χ0) is 19.0. The van der Waals surface area contributed by atoms with Crippen molar-refractivity contribution in [1.82, 2.24) is 9.47 Å². The van der Waals surface area contributed by atoms with Crippen molar-refractivity contribution >= 4 is 11.9 Å². The highest BCUT2D eigenvalue weighted by atomic mass is 16.5. The van der Waals surface area contributed by atoms with Crippen LogP contribution >= 0.6 is 0 Å². The molecule has 1 aromatic carbocycles. The van der Waals surface area contributed by atoms with Gasteiger partial charge in [-0.15, -0.1) is 0 Å². The van der Waals surface area contributed by atoms with E-state index in [1.54, 1.807) is 22.6 Å². The third-order valence-electron chi connectivity index (χ3n) is 5.54. The molecule has 6 heteroatoms. The van der Waals surface area contributed by atoms with Crippen LogP contribution < -0.4 is 5.56 Å². The molecule has 0 N–H and O–H groups in total. The number of fused-ring (bicyclic) bond motifs is 1. The molecule has 2 saturated heterocycles. The quantitative estimate of drug-likeness (QED) is 0.772. The van der Waals surface area contributed by atoms with Crippen molar-refractivity contribution < 1.29 is 14.3 Å². The van der Waals surface area contributed by atoms with E-state index >= 15 is 0 Å². The molecule has 2 atom stereocenters. The number of rotatable bonds is 4. The van der Waals surface area contributed by atoms with Gasteiger partial charge in [0.2, 0.25) is 0 Å². The molecule has 2 aromatic rings. The summed E-state index contributed by atoms with van der Waals surface area (Å²) in [5, 5.41) is 0. The molecule has 2 aliphatic rings. The lowest BCUT2D eigenvalue weighted by molar-refractivity contribution is -0.141. The molecule has 6 nitrogen and oxygen atoms in total. The molecule has 0 radical (unpaired) electrons. The first-order valence-electron chi connectivity index (χ1n) is 9.24. The predicted octanol–water partition coefficient (Wildman–Crippen LogP) is 1.64. The van der Waals surface area contributed by atoms with Gasteiger partial charge in [0.05, 0.1) is 12.5 Å². The molecule has 0 bridgehead atoms. The first kappa shape index (κ1) is 17.5. The van der Waals surface area contributed by atoms with E-state index < -0.39 is 0 Å². The Hall–Kier alpha value is -2.89. The molecule has 0 spiro atoms. The van der Waals surface area contributed by atoms with Crippen LogP contribution in [0.25, 0.3) is 0 Å². The van der Waals surface area contributed by atoms with Gasteiger partial charge in [-0.25, -0.2) is 0 Å². The smallest absolute Gasteiger partial charge is 0.311 e. The summed E-state index contributed by atoms with van der Waals surface area (Å²) < 4.78 is 6.65. The standard InChI is InChI=1S/C21H22N2O4/c1-14-7-9-22(10-8-15-5-3-2-4-6-15)19(24)18(14)20(25)23-11-16-13-27-21(26)17(16)12-23/h2-7,9,16-17H,8,10-13H2,1H3/t16-,17-/m1/s1. The number of carbonyl (C=O) groups is 2. The largest absolute Gasteiger partial charge is 0.465 e. The number of aryl methyl sites for hydroxylation is 3. The van der Waals surface area contributed by atoms with Crippen LogP contribution in [0.1, 0.15) is 21.5 Å². The van der Waals surface area contributed by atoms with Gasteiger partial charge in [0.25, 0.3) is 11.5 Å². The van der Waals surface area contributed by atoms with E-state index in [0.717, 1.165) is 12.0 Å². The number of amides is 1. The van der Waals surface area contributed by atoms with Gasteiger partial charge in [-0.3, -0.25) is 14.4 Å². The molecule has 140 valence electrons. The topological polar surface area (TPSA) is 68.6 Å². The molecular weight excluding hydrogens is 344 g/mol. The summed E-state index contributed by atoms with van der Waals surface area (Å²) in [5.41, 5.74) is 1.75. The van der Waals surface area contributed by atoms with Crippen LogP contribution in [0.2, 0.25) is 0 Å². The maximum atomic E-state index is 13.0. The van der Waals surface area contributed by atoms with Crippen LogP contribution in [-0.4, -0.2) is 41.0 Å². The van der Waals surface area contributed by atoms with E-state index in [9.17, 15) is 14.4 Å². The van der Waals surface area contributed by atoms with Gasteiger partial charge in [0.15, 0.2) is 0 Å². The van der Waals surface area contributed by atoms with Gasteiger partial charge in [-0.2, -0.15) is 0 Å². The zero-order valence-electron chi connectivity index (χ0n) is 15.3. The fourth-order valence-electron chi connectivity index (χ4n) is 3.92. The second kappa shape index (κ2) is 7.02. The van der Waals surface area contributed by atoms with Crippen LogP contribution in [-0.2, 0) is 22.5 Å². The summed E-state index contributed by atoms with van der Waals surface area (Å²) in [6.07, 6.45) is 2.46. The van der Waals surface area contributed by atoms with E-state index in [2.05, 4.69) is 0 Å². The number of pyridine rings is 1. The third kappa shape index (κ3) is 3.27. The molecule has 0 saturated carbocycles. The highest BCUT2D eigenvalue weighted by Crippen LogP contribution is 2.31. The maximum absolute atomic E-state index is 13.0. The SMILES string of the molecule is Cc1ccn(CCc2ccccc2)c(=O)c1C(=O)N1C[C@@H]2COC(=O)[C@@H]2C1. The number of cyclic esters (lactones) is 1. The molecule has 27 heavy (non-hydrogen) atoms. The Kier molecular flexibility index (Phi) is 4.56. The zero-order valence-corrected chi connectivity index (χ0v) is 15.3. The number of nitrogens with zero attached hydrogens (tertiary/aromatic N) is 2. The second-order valence-electron chi connectivity index (χ2n) is 7.31. The van der Waals surface area contributed by atoms with Crippen molar-refractivity contribution in [3.8, 4) is 0 Å². The Morgan fingerprint density at radius 2 is 1.93 bits per heavy atom. The number of benzene rings is 1. The lowest BCUT2D eigenvalue weighted by Crippen LogP contribution is -2.37. The Morgan fingerprint density at radius 1 is 1.15 bits per heavy atom. The molecule has 0 aliphatic carbocycles. The van der Waals surface area contributed by atoms with Gasteiger partial charge in [0, 0.05) is 31.7 Å². The Balaban J connectivity index is 1.55. The maximum Gasteiger partial charge on any atom is 0.311 e. The number of aromatic nitrogens is 1. The Morgan fingerprint density at radius 3 is 2.67 bits per heavy atom. The highest BCUT2D eigenvalue weighted by Gasteiger charge is 2.45. The third-order valence-corrected chi connectivity index (χ3v) is 5.54. The van der Waals surface area contributed by atoms with Crippen LogP contribution in [0, 0.1) is 18.8 Å². The minimum absolute atomic E-state index is 0.0470. The van der Waals surface area contributed by atoms with Crippen molar-refractivity contribution in [3.05, 3.63) is 69.6 Å². The van der Waals surface area contributed by atoms with Gasteiger partial charge >= 0.3 is 5.97 Å². The number of likely N-dealkylation sites (tertiary alicyclic amines) is 1. The van der Waals surface area contributed by atoms with Gasteiger partial charge < -0.3 is 14.2 Å². The van der Waals surface area contributed by atoms with Gasteiger partial charge in [-0.05, 0) is 30.5 Å². The fraction of sp³-hybridized carbons (Fsp3) is 0.381. The van der Waals surface area contributed by atoms with Crippen LogP contribution in [0.3, 0.4) is 0 Å². The summed E-state index contributed by atoms with van der Waals surface area (Å²) in [7, 11) is 0. The van der Waals surface area contributed by atoms with Crippen molar-refractivity contribution in [3.63, 3.8) is 0 Å². The molecule has 2 aliphatic heterocycles. The monoisotopic (exact) mass is 366 g/mol.